The Hall–Kier alpha value is -0.940. The van der Waals surface area contributed by atoms with Gasteiger partial charge in [0.1, 0.15) is 0 Å². The van der Waals surface area contributed by atoms with E-state index in [0.717, 1.165) is 25.1 Å². The highest BCUT2D eigenvalue weighted by atomic mass is 35.5. The van der Waals surface area contributed by atoms with E-state index in [4.69, 9.17) is 11.6 Å². The fraction of sp³-hybridized carbons (Fsp3) is 0.538. The second kappa shape index (κ2) is 6.01. The summed E-state index contributed by atoms with van der Waals surface area (Å²) in [7, 11) is 0. The molecule has 0 aromatic heterocycles. The Kier molecular flexibility index (Phi) is 4.58. The van der Waals surface area contributed by atoms with Gasteiger partial charge in [0.25, 0.3) is 0 Å². The highest BCUT2D eigenvalue weighted by Gasteiger charge is 2.30. The van der Waals surface area contributed by atoms with E-state index >= 15 is 0 Å². The van der Waals surface area contributed by atoms with Crippen LogP contribution in [0.25, 0.3) is 0 Å². The molecule has 1 unspecified atom stereocenters. The molecule has 0 spiro atoms. The Labute approximate surface area is 115 Å². The van der Waals surface area contributed by atoms with Crippen LogP contribution in [0.15, 0.2) is 18.2 Å². The van der Waals surface area contributed by atoms with Crippen molar-refractivity contribution in [3.8, 4) is 0 Å². The van der Waals surface area contributed by atoms with E-state index in [1.165, 1.54) is 18.9 Å². The number of rotatable bonds is 3. The molecule has 1 fully saturated rings. The first-order chi connectivity index (χ1) is 8.97. The fourth-order valence-corrected chi connectivity index (χ4v) is 2.41. The van der Waals surface area contributed by atoms with Crippen LogP contribution in [0.3, 0.4) is 0 Å². The first kappa shape index (κ1) is 14.5. The van der Waals surface area contributed by atoms with Crippen LogP contribution in [-0.2, 0) is 6.18 Å². The number of piperidine rings is 1. The number of alkyl halides is 3. The second-order valence-electron chi connectivity index (χ2n) is 4.72. The molecule has 1 atom stereocenters. The Morgan fingerprint density at radius 3 is 2.68 bits per heavy atom. The molecule has 1 aromatic carbocycles. The summed E-state index contributed by atoms with van der Waals surface area (Å²) in [4.78, 5) is 0. The summed E-state index contributed by atoms with van der Waals surface area (Å²) in [6.07, 6.45) is -0.921. The Balaban J connectivity index is 1.97. The molecule has 1 aliphatic rings. The topological polar surface area (TPSA) is 24.1 Å². The lowest BCUT2D eigenvalue weighted by atomic mass is 10.1. The van der Waals surface area contributed by atoms with Crippen LogP contribution >= 0.6 is 11.6 Å². The average Bonchev–Trinajstić information content (AvgIpc) is 2.37. The number of hydrogen-bond acceptors (Lipinski definition) is 2. The molecule has 0 bridgehead atoms. The quantitative estimate of drug-likeness (QED) is 0.882. The number of nitrogens with one attached hydrogen (secondary N) is 2. The lowest BCUT2D eigenvalue weighted by Gasteiger charge is -2.24. The van der Waals surface area contributed by atoms with Crippen molar-refractivity contribution < 1.29 is 13.2 Å². The van der Waals surface area contributed by atoms with E-state index in [-0.39, 0.29) is 5.02 Å². The van der Waals surface area contributed by atoms with Gasteiger partial charge in [-0.1, -0.05) is 18.0 Å². The van der Waals surface area contributed by atoms with Gasteiger partial charge in [-0.05, 0) is 37.6 Å². The van der Waals surface area contributed by atoms with Crippen LogP contribution in [0, 0.1) is 0 Å². The van der Waals surface area contributed by atoms with Crippen molar-refractivity contribution in [2.75, 3.05) is 18.4 Å². The van der Waals surface area contributed by atoms with Gasteiger partial charge in [0.15, 0.2) is 0 Å². The van der Waals surface area contributed by atoms with Gasteiger partial charge in [-0.2, -0.15) is 13.2 Å². The van der Waals surface area contributed by atoms with E-state index in [1.54, 1.807) is 0 Å². The summed E-state index contributed by atoms with van der Waals surface area (Å²) in [5.74, 6) is 0. The number of hydrogen-bond donors (Lipinski definition) is 2. The highest BCUT2D eigenvalue weighted by molar-refractivity contribution is 6.33. The molecule has 19 heavy (non-hydrogen) atoms. The van der Waals surface area contributed by atoms with Gasteiger partial charge in [-0.25, -0.2) is 0 Å². The minimum Gasteiger partial charge on any atom is -0.382 e. The molecule has 1 heterocycles. The molecule has 106 valence electrons. The molecule has 0 saturated carbocycles. The Morgan fingerprint density at radius 1 is 1.32 bits per heavy atom. The first-order valence-corrected chi connectivity index (χ1v) is 6.68. The van der Waals surface area contributed by atoms with Crippen molar-refractivity contribution in [2.45, 2.75) is 31.5 Å². The molecule has 1 saturated heterocycles. The molecule has 2 nitrogen and oxygen atoms in total. The molecule has 1 aromatic rings. The summed E-state index contributed by atoms with van der Waals surface area (Å²) < 4.78 is 37.5. The van der Waals surface area contributed by atoms with E-state index in [2.05, 4.69) is 10.6 Å². The zero-order valence-electron chi connectivity index (χ0n) is 10.4. The van der Waals surface area contributed by atoms with Gasteiger partial charge in [-0.15, -0.1) is 0 Å². The molecule has 6 heteroatoms. The molecule has 0 aliphatic carbocycles. The van der Waals surface area contributed by atoms with Crippen LogP contribution in [0.5, 0.6) is 0 Å². The van der Waals surface area contributed by atoms with Crippen LogP contribution < -0.4 is 10.6 Å². The minimum atomic E-state index is -4.35. The number of anilines is 1. The van der Waals surface area contributed by atoms with Gasteiger partial charge in [0.2, 0.25) is 0 Å². The van der Waals surface area contributed by atoms with Gasteiger partial charge >= 0.3 is 6.18 Å². The predicted molar refractivity (Wildman–Crippen MR) is 70.6 cm³/mol. The summed E-state index contributed by atoms with van der Waals surface area (Å²) in [5.41, 5.74) is -0.180. The lowest BCUT2D eigenvalue weighted by molar-refractivity contribution is -0.137. The monoisotopic (exact) mass is 292 g/mol. The standard InChI is InChI=1S/C13H16ClF3N2/c14-11-7-9(13(15,16)17)4-5-12(11)19-8-10-3-1-2-6-18-10/h4-5,7,10,18-19H,1-3,6,8H2. The molecule has 1 aliphatic heterocycles. The van der Waals surface area contributed by atoms with Crippen molar-refractivity contribution in [2.24, 2.45) is 0 Å². The summed E-state index contributed by atoms with van der Waals surface area (Å²) in [5, 5.41) is 6.56. The van der Waals surface area contributed by atoms with E-state index in [9.17, 15) is 13.2 Å². The molecule has 0 amide bonds. The van der Waals surface area contributed by atoms with Crippen LogP contribution in [0.2, 0.25) is 5.02 Å². The average molecular weight is 293 g/mol. The predicted octanol–water partition coefficient (Wildman–Crippen LogP) is 3.91. The summed E-state index contributed by atoms with van der Waals surface area (Å²) in [6, 6.07) is 3.74. The zero-order valence-corrected chi connectivity index (χ0v) is 11.1. The molecule has 0 radical (unpaired) electrons. The van der Waals surface area contributed by atoms with Crippen molar-refractivity contribution in [3.63, 3.8) is 0 Å². The Morgan fingerprint density at radius 2 is 2.11 bits per heavy atom. The maximum absolute atomic E-state index is 12.5. The fourth-order valence-electron chi connectivity index (χ4n) is 2.17. The van der Waals surface area contributed by atoms with Gasteiger partial charge < -0.3 is 10.6 Å². The van der Waals surface area contributed by atoms with Crippen LogP contribution in [-0.4, -0.2) is 19.1 Å². The van der Waals surface area contributed by atoms with E-state index in [0.29, 0.717) is 18.3 Å². The third-order valence-corrected chi connectivity index (χ3v) is 3.56. The van der Waals surface area contributed by atoms with Crippen molar-refractivity contribution in [1.29, 1.82) is 0 Å². The summed E-state index contributed by atoms with van der Waals surface area (Å²) in [6.45, 7) is 1.66. The number of benzene rings is 1. The first-order valence-electron chi connectivity index (χ1n) is 6.31. The summed E-state index contributed by atoms with van der Waals surface area (Å²) >= 11 is 5.87. The second-order valence-corrected chi connectivity index (χ2v) is 5.13. The van der Waals surface area contributed by atoms with Crippen LogP contribution in [0.4, 0.5) is 18.9 Å². The Bertz CT molecular complexity index is 428. The van der Waals surface area contributed by atoms with Gasteiger partial charge in [0.05, 0.1) is 16.3 Å². The lowest BCUT2D eigenvalue weighted by Crippen LogP contribution is -2.39. The van der Waals surface area contributed by atoms with Crippen molar-refractivity contribution in [3.05, 3.63) is 28.8 Å². The third-order valence-electron chi connectivity index (χ3n) is 3.25. The SMILES string of the molecule is FC(F)(F)c1ccc(NCC2CCCCN2)c(Cl)c1. The largest absolute Gasteiger partial charge is 0.416 e. The van der Waals surface area contributed by atoms with Crippen molar-refractivity contribution >= 4 is 17.3 Å². The highest BCUT2D eigenvalue weighted by Crippen LogP contribution is 2.33. The number of halogens is 4. The van der Waals surface area contributed by atoms with E-state index in [1.807, 2.05) is 0 Å². The van der Waals surface area contributed by atoms with Crippen LogP contribution in [0.1, 0.15) is 24.8 Å². The zero-order chi connectivity index (χ0) is 13.9. The maximum Gasteiger partial charge on any atom is 0.416 e. The van der Waals surface area contributed by atoms with Gasteiger partial charge in [-0.3, -0.25) is 0 Å². The normalized spacial score (nSPS) is 20.3. The molecule has 2 rings (SSSR count). The molecule has 2 N–H and O–H groups in total. The minimum absolute atomic E-state index is 0.102. The smallest absolute Gasteiger partial charge is 0.382 e. The molecular formula is C13H16ClF3N2. The van der Waals surface area contributed by atoms with Gasteiger partial charge in [0, 0.05) is 12.6 Å². The van der Waals surface area contributed by atoms with E-state index < -0.39 is 11.7 Å². The maximum atomic E-state index is 12.5. The third kappa shape index (κ3) is 4.01. The molecular weight excluding hydrogens is 277 g/mol. The van der Waals surface area contributed by atoms with Crippen molar-refractivity contribution in [1.82, 2.24) is 5.32 Å².